The quantitative estimate of drug-likeness (QED) is 0.403. The topological polar surface area (TPSA) is 84.2 Å². The minimum Gasteiger partial charge on any atom is -0.365 e. The summed E-state index contributed by atoms with van der Waals surface area (Å²) in [6, 6.07) is 17.3. The van der Waals surface area contributed by atoms with E-state index < -0.39 is 5.91 Å². The molecule has 3 aromatic rings. The van der Waals surface area contributed by atoms with Crippen LogP contribution in [-0.4, -0.2) is 16.9 Å². The lowest BCUT2D eigenvalue weighted by molar-refractivity contribution is 0.0975. The van der Waals surface area contributed by atoms with E-state index in [4.69, 9.17) is 18.0 Å². The zero-order valence-corrected chi connectivity index (χ0v) is 21.2. The van der Waals surface area contributed by atoms with Gasteiger partial charge in [-0.25, -0.2) is 0 Å². The number of nitrogens with two attached hydrogens (primary N) is 1. The van der Waals surface area contributed by atoms with E-state index in [0.717, 1.165) is 36.0 Å². The molecule has 1 aliphatic rings. The van der Waals surface area contributed by atoms with Gasteiger partial charge in [-0.1, -0.05) is 63.2 Å². The molecule has 34 heavy (non-hydrogen) atoms. The highest BCUT2D eigenvalue weighted by Crippen LogP contribution is 2.44. The van der Waals surface area contributed by atoms with E-state index in [0.29, 0.717) is 22.0 Å². The van der Waals surface area contributed by atoms with Gasteiger partial charge in [0.2, 0.25) is 0 Å². The Labute approximate surface area is 209 Å². The number of anilines is 1. The van der Waals surface area contributed by atoms with E-state index in [9.17, 15) is 9.59 Å². The molecular formula is C27H29N3O2S2. The summed E-state index contributed by atoms with van der Waals surface area (Å²) in [4.78, 5) is 26.2. The number of nitrogens with one attached hydrogen (secondary N) is 2. The first-order valence-electron chi connectivity index (χ1n) is 11.4. The number of hydrogen-bond donors (Lipinski definition) is 3. The summed E-state index contributed by atoms with van der Waals surface area (Å²) in [5, 5.41) is 6.53. The molecule has 0 aliphatic heterocycles. The van der Waals surface area contributed by atoms with Gasteiger partial charge in [0, 0.05) is 10.4 Å². The molecule has 2 aromatic carbocycles. The second-order valence-corrected chi connectivity index (χ2v) is 11.2. The first-order chi connectivity index (χ1) is 16.1. The number of benzene rings is 2. The van der Waals surface area contributed by atoms with Gasteiger partial charge in [0.25, 0.3) is 11.8 Å². The summed E-state index contributed by atoms with van der Waals surface area (Å²) >= 11 is 6.91. The lowest BCUT2D eigenvalue weighted by Gasteiger charge is -2.33. The summed E-state index contributed by atoms with van der Waals surface area (Å²) < 4.78 is 0. The summed E-state index contributed by atoms with van der Waals surface area (Å²) in [6.07, 6.45) is 2.76. The van der Waals surface area contributed by atoms with Crippen LogP contribution in [0.15, 0.2) is 54.6 Å². The third-order valence-electron chi connectivity index (χ3n) is 6.44. The van der Waals surface area contributed by atoms with Gasteiger partial charge in [-0.15, -0.1) is 11.3 Å². The van der Waals surface area contributed by atoms with Crippen molar-refractivity contribution in [3.05, 3.63) is 76.2 Å². The smallest absolute Gasteiger partial charge is 0.257 e. The van der Waals surface area contributed by atoms with Gasteiger partial charge in [-0.05, 0) is 71.6 Å². The first kappa shape index (κ1) is 24.1. The lowest BCUT2D eigenvalue weighted by atomic mass is 9.72. The number of hydrogen-bond acceptors (Lipinski definition) is 4. The molecule has 5 nitrogen and oxygen atoms in total. The Hall–Kier alpha value is -3.03. The van der Waals surface area contributed by atoms with E-state index in [1.165, 1.54) is 16.2 Å². The van der Waals surface area contributed by atoms with Crippen molar-refractivity contribution < 1.29 is 9.59 Å². The molecule has 2 amide bonds. The Morgan fingerprint density at radius 3 is 2.29 bits per heavy atom. The molecule has 0 spiro atoms. The predicted octanol–water partition coefficient (Wildman–Crippen LogP) is 5.79. The van der Waals surface area contributed by atoms with Crippen molar-refractivity contribution in [2.75, 3.05) is 5.32 Å². The number of primary amides is 1. The zero-order valence-electron chi connectivity index (χ0n) is 19.6. The van der Waals surface area contributed by atoms with Crippen molar-refractivity contribution in [2.24, 2.45) is 17.1 Å². The van der Waals surface area contributed by atoms with Crippen molar-refractivity contribution in [1.82, 2.24) is 5.32 Å². The summed E-state index contributed by atoms with van der Waals surface area (Å²) in [5.74, 6) is -0.246. The predicted molar refractivity (Wildman–Crippen MR) is 143 cm³/mol. The molecule has 0 unspecified atom stereocenters. The molecule has 0 fully saturated rings. The fourth-order valence-electron chi connectivity index (χ4n) is 4.43. The Bertz CT molecular complexity index is 1230. The van der Waals surface area contributed by atoms with Crippen LogP contribution in [0, 0.1) is 11.3 Å². The van der Waals surface area contributed by atoms with E-state index in [-0.39, 0.29) is 16.4 Å². The SMILES string of the molecule is CC(C)(C)[C@@H]1CCc2c(sc(NC(=S)NC(=O)c3ccc(-c4ccccc4)cc3)c2C(N)=O)C1. The molecule has 0 bridgehead atoms. The maximum atomic E-state index is 12.7. The van der Waals surface area contributed by atoms with Crippen LogP contribution < -0.4 is 16.4 Å². The van der Waals surface area contributed by atoms with Crippen LogP contribution >= 0.6 is 23.6 Å². The van der Waals surface area contributed by atoms with E-state index in [2.05, 4.69) is 31.4 Å². The number of rotatable bonds is 4. The van der Waals surface area contributed by atoms with Gasteiger partial charge < -0.3 is 11.1 Å². The number of thiophene rings is 1. The Kier molecular flexibility index (Phi) is 6.86. The second-order valence-electron chi connectivity index (χ2n) is 9.73. The second kappa shape index (κ2) is 9.68. The van der Waals surface area contributed by atoms with E-state index in [1.807, 2.05) is 42.5 Å². The van der Waals surface area contributed by atoms with Crippen LogP contribution in [0.2, 0.25) is 0 Å². The van der Waals surface area contributed by atoms with Crippen LogP contribution in [0.3, 0.4) is 0 Å². The summed E-state index contributed by atoms with van der Waals surface area (Å²) in [5.41, 5.74) is 10.1. The van der Waals surface area contributed by atoms with Gasteiger partial charge in [-0.3, -0.25) is 14.9 Å². The molecule has 0 saturated carbocycles. The lowest BCUT2D eigenvalue weighted by Crippen LogP contribution is -2.34. The maximum absolute atomic E-state index is 12.7. The van der Waals surface area contributed by atoms with Crippen molar-refractivity contribution in [3.63, 3.8) is 0 Å². The highest BCUT2D eigenvalue weighted by atomic mass is 32.1. The minimum atomic E-state index is -0.472. The molecule has 0 radical (unpaired) electrons. The maximum Gasteiger partial charge on any atom is 0.257 e. The van der Waals surface area contributed by atoms with Gasteiger partial charge in [0.15, 0.2) is 5.11 Å². The van der Waals surface area contributed by atoms with Crippen LogP contribution in [-0.2, 0) is 12.8 Å². The monoisotopic (exact) mass is 491 g/mol. The standard InChI is InChI=1S/C27H29N3O2S2/c1-27(2,3)19-13-14-20-21(15-19)34-25(22(20)23(28)31)30-26(33)29-24(32)18-11-9-17(10-12-18)16-7-5-4-6-8-16/h4-12,19H,13-15H2,1-3H3,(H2,28,31)(H2,29,30,32,33)/t19-/m1/s1. The van der Waals surface area contributed by atoms with Crippen molar-refractivity contribution in [3.8, 4) is 11.1 Å². The van der Waals surface area contributed by atoms with Crippen molar-refractivity contribution in [1.29, 1.82) is 0 Å². The number of carbonyl (C=O) groups excluding carboxylic acids is 2. The average molecular weight is 492 g/mol. The first-order valence-corrected chi connectivity index (χ1v) is 12.6. The number of carbonyl (C=O) groups is 2. The molecule has 176 valence electrons. The van der Waals surface area contributed by atoms with Gasteiger partial charge in [-0.2, -0.15) is 0 Å². The third kappa shape index (κ3) is 5.21. The summed E-state index contributed by atoms with van der Waals surface area (Å²) in [7, 11) is 0. The van der Waals surface area contributed by atoms with E-state index >= 15 is 0 Å². The average Bonchev–Trinajstić information content (AvgIpc) is 3.16. The normalized spacial score (nSPS) is 15.3. The van der Waals surface area contributed by atoms with Crippen molar-refractivity contribution in [2.45, 2.75) is 40.0 Å². The fraction of sp³-hybridized carbons (Fsp3) is 0.296. The highest BCUT2D eigenvalue weighted by molar-refractivity contribution is 7.80. The fourth-order valence-corrected chi connectivity index (χ4v) is 6.02. The summed E-state index contributed by atoms with van der Waals surface area (Å²) in [6.45, 7) is 6.75. The zero-order chi connectivity index (χ0) is 24.5. The van der Waals surface area contributed by atoms with Crippen molar-refractivity contribution >= 4 is 45.5 Å². The molecular weight excluding hydrogens is 462 g/mol. The minimum absolute atomic E-state index is 0.144. The van der Waals surface area contributed by atoms with Crippen LogP contribution in [0.4, 0.5) is 5.00 Å². The molecule has 1 atom stereocenters. The molecule has 1 aromatic heterocycles. The molecule has 1 aliphatic carbocycles. The van der Waals surface area contributed by atoms with Crippen LogP contribution in [0.1, 0.15) is 58.3 Å². The Morgan fingerprint density at radius 2 is 1.68 bits per heavy atom. The van der Waals surface area contributed by atoms with Crippen LogP contribution in [0.25, 0.3) is 11.1 Å². The third-order valence-corrected chi connectivity index (χ3v) is 7.82. The number of amides is 2. The van der Waals surface area contributed by atoms with Gasteiger partial charge >= 0.3 is 0 Å². The Balaban J connectivity index is 1.46. The molecule has 1 heterocycles. The molecule has 4 rings (SSSR count). The van der Waals surface area contributed by atoms with Gasteiger partial charge in [0.1, 0.15) is 5.00 Å². The molecule has 7 heteroatoms. The number of fused-ring (bicyclic) bond motifs is 1. The van der Waals surface area contributed by atoms with Gasteiger partial charge in [0.05, 0.1) is 5.56 Å². The van der Waals surface area contributed by atoms with Crippen LogP contribution in [0.5, 0.6) is 0 Å². The molecule has 4 N–H and O–H groups in total. The Morgan fingerprint density at radius 1 is 1.03 bits per heavy atom. The number of thiocarbonyl (C=S) groups is 1. The molecule has 0 saturated heterocycles. The van der Waals surface area contributed by atoms with E-state index in [1.54, 1.807) is 12.1 Å². The highest BCUT2D eigenvalue weighted by Gasteiger charge is 2.33. The largest absolute Gasteiger partial charge is 0.365 e.